The van der Waals surface area contributed by atoms with Crippen molar-refractivity contribution in [2.75, 3.05) is 11.5 Å². The summed E-state index contributed by atoms with van der Waals surface area (Å²) in [5.74, 6) is -1.45. The highest BCUT2D eigenvalue weighted by molar-refractivity contribution is 7.85. The predicted octanol–water partition coefficient (Wildman–Crippen LogP) is 0.190. The average molecular weight is 318 g/mol. The fourth-order valence-corrected chi connectivity index (χ4v) is 1.99. The van der Waals surface area contributed by atoms with Crippen molar-refractivity contribution >= 4 is 34.7 Å². The number of nitrogens with one attached hydrogen (secondary N) is 2. The quantitative estimate of drug-likeness (QED) is 0.441. The van der Waals surface area contributed by atoms with Gasteiger partial charge in [0.1, 0.15) is 11.8 Å². The van der Waals surface area contributed by atoms with Gasteiger partial charge in [-0.1, -0.05) is 6.92 Å². The molecule has 0 aromatic rings. The number of hydrogen-bond donors (Lipinski definition) is 2. The van der Waals surface area contributed by atoms with Gasteiger partial charge in [0.05, 0.1) is 12.3 Å². The van der Waals surface area contributed by atoms with Gasteiger partial charge >= 0.3 is 5.97 Å². The second-order valence-corrected chi connectivity index (χ2v) is 6.37. The Labute approximate surface area is 126 Å². The molecule has 0 saturated carbocycles. The van der Waals surface area contributed by atoms with Crippen LogP contribution in [0, 0.1) is 5.41 Å². The van der Waals surface area contributed by atoms with Gasteiger partial charge in [0.15, 0.2) is 5.78 Å². The van der Waals surface area contributed by atoms with E-state index in [-0.39, 0.29) is 24.7 Å². The first kappa shape index (κ1) is 19.4. The molecular weight excluding hydrogens is 296 g/mol. The molecule has 0 saturated heterocycles. The molecule has 0 aliphatic carbocycles. The van der Waals surface area contributed by atoms with E-state index >= 15 is 0 Å². The molecule has 0 heterocycles. The molecule has 0 rings (SSSR count). The molecule has 8 heteroatoms. The third-order valence-corrected chi connectivity index (χ3v) is 3.65. The van der Waals surface area contributed by atoms with Crippen molar-refractivity contribution in [3.63, 3.8) is 0 Å². The Morgan fingerprint density at radius 1 is 1.33 bits per heavy atom. The largest absolute Gasteiger partial charge is 0.461 e. The molecule has 0 aliphatic heterocycles. The molecule has 2 unspecified atom stereocenters. The first-order chi connectivity index (χ1) is 9.79. The summed E-state index contributed by atoms with van der Waals surface area (Å²) in [5, 5.41) is 9.25. The Morgan fingerprint density at radius 3 is 2.43 bits per heavy atom. The first-order valence-electron chi connectivity index (χ1n) is 6.68. The number of ether oxygens (including phenoxy) is 1. The Hall–Kier alpha value is -1.57. The minimum Gasteiger partial charge on any atom is -0.461 e. The third-order valence-electron chi connectivity index (χ3n) is 2.43. The second-order valence-electron chi connectivity index (χ2n) is 4.63. The summed E-state index contributed by atoms with van der Waals surface area (Å²) in [6.45, 7) is 5.04. The van der Waals surface area contributed by atoms with Crippen molar-refractivity contribution < 1.29 is 23.3 Å². The minimum absolute atomic E-state index is 0.0431. The zero-order valence-electron chi connectivity index (χ0n) is 12.5. The predicted molar refractivity (Wildman–Crippen MR) is 79.7 cm³/mol. The topological polar surface area (TPSA) is 113 Å². The maximum absolute atomic E-state index is 11.9. The van der Waals surface area contributed by atoms with Crippen LogP contribution in [0.4, 0.5) is 0 Å². The molecule has 0 bridgehead atoms. The molecule has 120 valence electrons. The summed E-state index contributed by atoms with van der Waals surface area (Å²) in [6, 6.07) is -0.974. The molecule has 0 aromatic heterocycles. The number of esters is 1. The summed E-state index contributed by atoms with van der Waals surface area (Å²) < 4.78 is 16.3. The monoisotopic (exact) mass is 318 g/mol. The van der Waals surface area contributed by atoms with Crippen LogP contribution < -0.4 is 5.32 Å². The van der Waals surface area contributed by atoms with E-state index in [1.165, 1.54) is 0 Å². The van der Waals surface area contributed by atoms with Gasteiger partial charge in [0, 0.05) is 23.0 Å². The molecule has 1 amide bonds. The standard InChI is InChI=1S/C13H22N2O5S/c1-4-21(19)8-12(17)15-11(6-5-10(16)7-14)13(18)20-9(2)3/h7,9,11,14H,4-6,8H2,1-3H3,(H,15,17). The number of carbonyl (C=O) groups excluding carboxylic acids is 3. The molecule has 0 radical (unpaired) electrons. The number of Topliss-reactive ketones (excluding diaryl/α,β-unsaturated/α-hetero) is 1. The first-order valence-corrected chi connectivity index (χ1v) is 8.17. The fourth-order valence-electron chi connectivity index (χ4n) is 1.41. The Balaban J connectivity index is 4.66. The van der Waals surface area contributed by atoms with Gasteiger partial charge in [0.2, 0.25) is 5.91 Å². The van der Waals surface area contributed by atoms with E-state index in [1.54, 1.807) is 20.8 Å². The lowest BCUT2D eigenvalue weighted by molar-refractivity contribution is -0.151. The summed E-state index contributed by atoms with van der Waals surface area (Å²) in [4.78, 5) is 34.7. The molecule has 7 nitrogen and oxygen atoms in total. The van der Waals surface area contributed by atoms with E-state index in [9.17, 15) is 18.6 Å². The highest BCUT2D eigenvalue weighted by atomic mass is 32.2. The van der Waals surface area contributed by atoms with Gasteiger partial charge in [-0.25, -0.2) is 4.79 Å². The van der Waals surface area contributed by atoms with Crippen molar-refractivity contribution in [1.29, 1.82) is 5.41 Å². The van der Waals surface area contributed by atoms with E-state index in [4.69, 9.17) is 10.1 Å². The number of amides is 1. The number of carbonyl (C=O) groups is 3. The van der Waals surface area contributed by atoms with E-state index in [1.807, 2.05) is 0 Å². The van der Waals surface area contributed by atoms with E-state index in [0.717, 1.165) is 0 Å². The molecule has 0 aliphatic rings. The van der Waals surface area contributed by atoms with Crippen LogP contribution in [0.1, 0.15) is 33.6 Å². The van der Waals surface area contributed by atoms with Crippen molar-refractivity contribution in [3.8, 4) is 0 Å². The average Bonchev–Trinajstić information content (AvgIpc) is 2.41. The smallest absolute Gasteiger partial charge is 0.328 e. The lowest BCUT2D eigenvalue weighted by atomic mass is 10.1. The Bertz CT molecular complexity index is 423. The van der Waals surface area contributed by atoms with Crippen LogP contribution in [0.15, 0.2) is 0 Å². The second kappa shape index (κ2) is 10.2. The number of hydrogen-bond acceptors (Lipinski definition) is 6. The normalized spacial score (nSPS) is 13.3. The van der Waals surface area contributed by atoms with Crippen LogP contribution in [0.2, 0.25) is 0 Å². The van der Waals surface area contributed by atoms with Gasteiger partial charge in [-0.05, 0) is 20.3 Å². The van der Waals surface area contributed by atoms with E-state index in [2.05, 4.69) is 5.32 Å². The van der Waals surface area contributed by atoms with Gasteiger partial charge in [-0.2, -0.15) is 0 Å². The number of rotatable bonds is 10. The van der Waals surface area contributed by atoms with Crippen molar-refractivity contribution in [3.05, 3.63) is 0 Å². The lowest BCUT2D eigenvalue weighted by Crippen LogP contribution is -2.44. The van der Waals surface area contributed by atoms with Gasteiger partial charge in [-0.3, -0.25) is 13.8 Å². The molecule has 2 atom stereocenters. The van der Waals surface area contributed by atoms with Crippen molar-refractivity contribution in [1.82, 2.24) is 5.32 Å². The van der Waals surface area contributed by atoms with Crippen LogP contribution in [-0.2, 0) is 29.9 Å². The van der Waals surface area contributed by atoms with Gasteiger partial charge in [-0.15, -0.1) is 0 Å². The van der Waals surface area contributed by atoms with Crippen LogP contribution >= 0.6 is 0 Å². The van der Waals surface area contributed by atoms with Crippen molar-refractivity contribution in [2.24, 2.45) is 0 Å². The highest BCUT2D eigenvalue weighted by Crippen LogP contribution is 2.03. The third kappa shape index (κ3) is 9.06. The van der Waals surface area contributed by atoms with Crippen LogP contribution in [0.25, 0.3) is 0 Å². The molecular formula is C13H22N2O5S. The van der Waals surface area contributed by atoms with Crippen LogP contribution in [-0.4, -0.2) is 51.7 Å². The fraction of sp³-hybridized carbons (Fsp3) is 0.692. The molecule has 2 N–H and O–H groups in total. The zero-order valence-corrected chi connectivity index (χ0v) is 13.3. The summed E-state index contributed by atoms with van der Waals surface area (Å²) in [6.07, 6.45) is 0.321. The maximum Gasteiger partial charge on any atom is 0.328 e. The summed E-state index contributed by atoms with van der Waals surface area (Å²) in [7, 11) is -1.28. The summed E-state index contributed by atoms with van der Waals surface area (Å²) in [5.41, 5.74) is 0. The zero-order chi connectivity index (χ0) is 16.4. The van der Waals surface area contributed by atoms with E-state index in [0.29, 0.717) is 12.0 Å². The van der Waals surface area contributed by atoms with Gasteiger partial charge in [0.25, 0.3) is 0 Å². The Kier molecular flexibility index (Phi) is 9.44. The Morgan fingerprint density at radius 2 is 1.95 bits per heavy atom. The van der Waals surface area contributed by atoms with Crippen LogP contribution in [0.3, 0.4) is 0 Å². The lowest BCUT2D eigenvalue weighted by Gasteiger charge is -2.18. The highest BCUT2D eigenvalue weighted by Gasteiger charge is 2.24. The number of ketones is 1. The SMILES string of the molecule is CCS(=O)CC(=O)NC(CCC(=O)C=N)C(=O)OC(C)C. The van der Waals surface area contributed by atoms with Crippen LogP contribution in [0.5, 0.6) is 0 Å². The molecule has 21 heavy (non-hydrogen) atoms. The molecule has 0 spiro atoms. The molecule has 0 aromatic carbocycles. The van der Waals surface area contributed by atoms with Crippen molar-refractivity contribution in [2.45, 2.75) is 45.8 Å². The molecule has 0 fully saturated rings. The maximum atomic E-state index is 11.9. The van der Waals surface area contributed by atoms with E-state index < -0.39 is 34.5 Å². The summed E-state index contributed by atoms with van der Waals surface area (Å²) >= 11 is 0. The minimum atomic E-state index is -1.28. The van der Waals surface area contributed by atoms with Gasteiger partial charge < -0.3 is 15.5 Å².